The number of ether oxygens (including phenoxy) is 1. The maximum Gasteiger partial charge on any atom is 0.309 e. The van der Waals surface area contributed by atoms with E-state index in [-0.39, 0.29) is 5.91 Å². The third-order valence-electron chi connectivity index (χ3n) is 3.22. The Hall–Kier alpha value is -1.63. The van der Waals surface area contributed by atoms with E-state index in [9.17, 15) is 14.4 Å². The van der Waals surface area contributed by atoms with Crippen LogP contribution in [0.15, 0.2) is 0 Å². The molecule has 7 nitrogen and oxygen atoms in total. The number of nitrogens with one attached hydrogen (secondary N) is 2. The van der Waals surface area contributed by atoms with Gasteiger partial charge < -0.3 is 20.3 Å². The van der Waals surface area contributed by atoms with Crippen LogP contribution in [-0.4, -0.2) is 62.0 Å². The Morgan fingerprint density at radius 1 is 1.19 bits per heavy atom. The summed E-state index contributed by atoms with van der Waals surface area (Å²) in [7, 11) is 0. The van der Waals surface area contributed by atoms with Crippen molar-refractivity contribution in [3.05, 3.63) is 0 Å². The molecule has 1 heterocycles. The standard InChI is InChI=1S/C14H25N3O4/c1-2-21-11-5-8-16-14(20)13(19)15-7-4-10-17-9-3-6-12(17)18/h2-11H2,1H3,(H,15,19)(H,16,20). The van der Waals surface area contributed by atoms with Crippen molar-refractivity contribution in [2.45, 2.75) is 32.6 Å². The van der Waals surface area contributed by atoms with Crippen LogP contribution >= 0.6 is 0 Å². The average molecular weight is 299 g/mol. The Bertz CT molecular complexity index is 360. The molecule has 1 fully saturated rings. The highest BCUT2D eigenvalue weighted by Crippen LogP contribution is 2.09. The van der Waals surface area contributed by atoms with Gasteiger partial charge in [0.2, 0.25) is 5.91 Å². The van der Waals surface area contributed by atoms with E-state index in [4.69, 9.17) is 4.74 Å². The van der Waals surface area contributed by atoms with Crippen molar-refractivity contribution >= 4 is 17.7 Å². The van der Waals surface area contributed by atoms with E-state index in [1.807, 2.05) is 6.92 Å². The maximum atomic E-state index is 11.5. The van der Waals surface area contributed by atoms with Gasteiger partial charge in [-0.2, -0.15) is 0 Å². The summed E-state index contributed by atoms with van der Waals surface area (Å²) in [5.74, 6) is -1.07. The highest BCUT2D eigenvalue weighted by atomic mass is 16.5. The van der Waals surface area contributed by atoms with Gasteiger partial charge in [-0.1, -0.05) is 0 Å². The van der Waals surface area contributed by atoms with Gasteiger partial charge >= 0.3 is 11.8 Å². The predicted octanol–water partition coefficient (Wildman–Crippen LogP) is -0.342. The lowest BCUT2D eigenvalue weighted by Crippen LogP contribution is -2.41. The van der Waals surface area contributed by atoms with Gasteiger partial charge in [-0.05, 0) is 26.2 Å². The molecule has 0 atom stereocenters. The Morgan fingerprint density at radius 3 is 2.43 bits per heavy atom. The molecule has 0 spiro atoms. The van der Waals surface area contributed by atoms with Crippen LogP contribution < -0.4 is 10.6 Å². The summed E-state index contributed by atoms with van der Waals surface area (Å²) >= 11 is 0. The second kappa shape index (κ2) is 10.1. The second-order valence-electron chi connectivity index (χ2n) is 4.90. The number of hydrogen-bond donors (Lipinski definition) is 2. The second-order valence-corrected chi connectivity index (χ2v) is 4.90. The van der Waals surface area contributed by atoms with Gasteiger partial charge in [-0.15, -0.1) is 0 Å². The van der Waals surface area contributed by atoms with Crippen LogP contribution in [0.1, 0.15) is 32.6 Å². The molecule has 7 heteroatoms. The molecule has 0 aliphatic carbocycles. The summed E-state index contributed by atoms with van der Waals surface area (Å²) in [6, 6.07) is 0. The number of amides is 3. The average Bonchev–Trinajstić information content (AvgIpc) is 2.88. The molecule has 1 aliphatic rings. The van der Waals surface area contributed by atoms with Gasteiger partial charge in [0.1, 0.15) is 0 Å². The molecule has 0 saturated carbocycles. The summed E-state index contributed by atoms with van der Waals surface area (Å²) in [6.07, 6.45) is 2.88. The van der Waals surface area contributed by atoms with Crippen molar-refractivity contribution in [1.29, 1.82) is 0 Å². The van der Waals surface area contributed by atoms with E-state index < -0.39 is 11.8 Å². The first-order valence-electron chi connectivity index (χ1n) is 7.56. The smallest absolute Gasteiger partial charge is 0.309 e. The molecular weight excluding hydrogens is 274 g/mol. The lowest BCUT2D eigenvalue weighted by atomic mass is 10.3. The number of hydrogen-bond acceptors (Lipinski definition) is 4. The minimum atomic E-state index is -0.626. The van der Waals surface area contributed by atoms with Crippen molar-refractivity contribution in [3.63, 3.8) is 0 Å². The molecule has 1 aliphatic heterocycles. The quantitative estimate of drug-likeness (QED) is 0.450. The van der Waals surface area contributed by atoms with Crippen molar-refractivity contribution in [3.8, 4) is 0 Å². The molecule has 1 rings (SSSR count). The van der Waals surface area contributed by atoms with Crippen LogP contribution in [0.25, 0.3) is 0 Å². The Kier molecular flexibility index (Phi) is 8.42. The Morgan fingerprint density at radius 2 is 1.86 bits per heavy atom. The van der Waals surface area contributed by atoms with Crippen LogP contribution in [0.4, 0.5) is 0 Å². The minimum absolute atomic E-state index is 0.174. The van der Waals surface area contributed by atoms with Gasteiger partial charge in [-0.25, -0.2) is 0 Å². The summed E-state index contributed by atoms with van der Waals surface area (Å²) in [4.78, 5) is 36.1. The fourth-order valence-corrected chi connectivity index (χ4v) is 2.09. The number of carbonyl (C=O) groups is 3. The first kappa shape index (κ1) is 17.4. The largest absolute Gasteiger partial charge is 0.382 e. The molecule has 2 N–H and O–H groups in total. The summed E-state index contributed by atoms with van der Waals surface area (Å²) in [6.45, 7) is 5.38. The zero-order valence-corrected chi connectivity index (χ0v) is 12.7. The SMILES string of the molecule is CCOCCCNC(=O)C(=O)NCCCN1CCCC1=O. The van der Waals surface area contributed by atoms with Crippen molar-refractivity contribution in [2.75, 3.05) is 39.4 Å². The Balaban J connectivity index is 2.01. The van der Waals surface area contributed by atoms with E-state index in [1.54, 1.807) is 4.90 Å². The highest BCUT2D eigenvalue weighted by Gasteiger charge is 2.19. The van der Waals surface area contributed by atoms with Crippen molar-refractivity contribution in [1.82, 2.24) is 15.5 Å². The van der Waals surface area contributed by atoms with E-state index >= 15 is 0 Å². The van der Waals surface area contributed by atoms with Gasteiger partial charge in [0.15, 0.2) is 0 Å². The van der Waals surface area contributed by atoms with Crippen molar-refractivity contribution in [2.24, 2.45) is 0 Å². The number of rotatable bonds is 9. The van der Waals surface area contributed by atoms with Crippen LogP contribution in [0.3, 0.4) is 0 Å². The normalized spacial score (nSPS) is 14.3. The number of carbonyl (C=O) groups excluding carboxylic acids is 3. The van der Waals surface area contributed by atoms with Crippen LogP contribution in [0.2, 0.25) is 0 Å². The molecule has 120 valence electrons. The molecule has 0 radical (unpaired) electrons. The number of nitrogens with zero attached hydrogens (tertiary/aromatic N) is 1. The third-order valence-corrected chi connectivity index (χ3v) is 3.22. The molecule has 0 aromatic carbocycles. The molecular formula is C14H25N3O4. The summed E-state index contributed by atoms with van der Waals surface area (Å²) < 4.78 is 5.13. The molecule has 1 saturated heterocycles. The molecule has 21 heavy (non-hydrogen) atoms. The fourth-order valence-electron chi connectivity index (χ4n) is 2.09. The van der Waals surface area contributed by atoms with E-state index in [0.29, 0.717) is 52.1 Å². The predicted molar refractivity (Wildman–Crippen MR) is 77.6 cm³/mol. The third kappa shape index (κ3) is 7.08. The monoisotopic (exact) mass is 299 g/mol. The first-order valence-corrected chi connectivity index (χ1v) is 7.56. The molecule has 0 aromatic heterocycles. The molecule has 0 unspecified atom stereocenters. The fraction of sp³-hybridized carbons (Fsp3) is 0.786. The molecule has 0 aromatic rings. The van der Waals surface area contributed by atoms with Crippen molar-refractivity contribution < 1.29 is 19.1 Å². The van der Waals surface area contributed by atoms with E-state index in [2.05, 4.69) is 10.6 Å². The van der Waals surface area contributed by atoms with Gasteiger partial charge in [0, 0.05) is 45.8 Å². The van der Waals surface area contributed by atoms with Gasteiger partial charge in [0.25, 0.3) is 0 Å². The van der Waals surface area contributed by atoms with Gasteiger partial charge in [-0.3, -0.25) is 14.4 Å². The summed E-state index contributed by atoms with van der Waals surface area (Å²) in [5.41, 5.74) is 0. The van der Waals surface area contributed by atoms with Crippen LogP contribution in [0.5, 0.6) is 0 Å². The zero-order chi connectivity index (χ0) is 15.5. The van der Waals surface area contributed by atoms with Crippen LogP contribution in [-0.2, 0) is 19.1 Å². The molecule has 3 amide bonds. The van der Waals surface area contributed by atoms with Crippen LogP contribution in [0, 0.1) is 0 Å². The first-order chi connectivity index (χ1) is 10.1. The lowest BCUT2D eigenvalue weighted by molar-refractivity contribution is -0.139. The zero-order valence-electron chi connectivity index (χ0n) is 12.7. The number of likely N-dealkylation sites (tertiary alicyclic amines) is 1. The van der Waals surface area contributed by atoms with Gasteiger partial charge in [0.05, 0.1) is 0 Å². The lowest BCUT2D eigenvalue weighted by Gasteiger charge is -2.15. The minimum Gasteiger partial charge on any atom is -0.382 e. The Labute approximate surface area is 125 Å². The van der Waals surface area contributed by atoms with E-state index in [0.717, 1.165) is 13.0 Å². The molecule has 0 bridgehead atoms. The highest BCUT2D eigenvalue weighted by molar-refractivity contribution is 6.35. The summed E-state index contributed by atoms with van der Waals surface area (Å²) in [5, 5.41) is 5.09. The topological polar surface area (TPSA) is 87.7 Å². The van der Waals surface area contributed by atoms with E-state index in [1.165, 1.54) is 0 Å². The maximum absolute atomic E-state index is 11.5.